The van der Waals surface area contributed by atoms with Crippen LogP contribution in [0.4, 0.5) is 21.5 Å². The Balaban J connectivity index is 1.53. The van der Waals surface area contributed by atoms with Gasteiger partial charge in [0.1, 0.15) is 11.6 Å². The Morgan fingerprint density at radius 3 is 2.46 bits per heavy atom. The first-order valence-electron chi connectivity index (χ1n) is 11.5. The predicted octanol–water partition coefficient (Wildman–Crippen LogP) is 6.01. The van der Waals surface area contributed by atoms with Crippen LogP contribution >= 0.6 is 0 Å². The van der Waals surface area contributed by atoms with Crippen molar-refractivity contribution in [2.75, 3.05) is 10.3 Å². The number of phenolic OH excluding ortho intramolecular Hbond substituents is 1. The summed E-state index contributed by atoms with van der Waals surface area (Å²) in [7, 11) is 0. The van der Waals surface area contributed by atoms with Crippen LogP contribution in [-0.4, -0.2) is 27.8 Å². The van der Waals surface area contributed by atoms with Crippen LogP contribution in [0.2, 0.25) is 0 Å². The molecule has 0 radical (unpaired) electrons. The zero-order valence-electron chi connectivity index (χ0n) is 20.0. The molecule has 184 valence electrons. The number of nitrogens with zero attached hydrogens (tertiary/aromatic N) is 2. The van der Waals surface area contributed by atoms with E-state index in [9.17, 15) is 24.2 Å². The van der Waals surface area contributed by atoms with Crippen LogP contribution in [0, 0.1) is 19.7 Å². The molecule has 0 aromatic heterocycles. The minimum atomic E-state index is -1.08. The van der Waals surface area contributed by atoms with Crippen molar-refractivity contribution < 1.29 is 24.2 Å². The third kappa shape index (κ3) is 4.29. The van der Waals surface area contributed by atoms with E-state index in [2.05, 4.69) is 10.5 Å². The molecule has 0 saturated carbocycles. The quantitative estimate of drug-likeness (QED) is 0.233. The summed E-state index contributed by atoms with van der Waals surface area (Å²) >= 11 is 0. The van der Waals surface area contributed by atoms with E-state index in [0.29, 0.717) is 28.1 Å². The van der Waals surface area contributed by atoms with E-state index in [1.807, 2.05) is 32.0 Å². The Bertz CT molecular complexity index is 1610. The fourth-order valence-electron chi connectivity index (χ4n) is 4.26. The van der Waals surface area contributed by atoms with Gasteiger partial charge >= 0.3 is 5.97 Å². The van der Waals surface area contributed by atoms with E-state index in [1.54, 1.807) is 30.3 Å². The van der Waals surface area contributed by atoms with E-state index >= 15 is 0 Å². The molecule has 1 aliphatic heterocycles. The summed E-state index contributed by atoms with van der Waals surface area (Å²) in [4.78, 5) is 26.3. The van der Waals surface area contributed by atoms with Crippen molar-refractivity contribution in [1.82, 2.24) is 0 Å². The Hall–Kier alpha value is -4.98. The summed E-state index contributed by atoms with van der Waals surface area (Å²) < 4.78 is 14.2. The maximum Gasteiger partial charge on any atom is 0.335 e. The van der Waals surface area contributed by atoms with Crippen molar-refractivity contribution in [1.29, 1.82) is 0 Å². The minimum absolute atomic E-state index is 0.00888. The van der Waals surface area contributed by atoms with Crippen molar-refractivity contribution in [2.45, 2.75) is 13.8 Å². The fraction of sp³-hybridized carbons (Fsp3) is 0.0690. The van der Waals surface area contributed by atoms with Crippen LogP contribution in [0.5, 0.6) is 5.75 Å². The van der Waals surface area contributed by atoms with Crippen LogP contribution in [0.25, 0.3) is 11.1 Å². The molecule has 5 rings (SSSR count). The van der Waals surface area contributed by atoms with Crippen molar-refractivity contribution in [3.63, 3.8) is 0 Å². The molecule has 1 heterocycles. The average molecular weight is 496 g/mol. The summed E-state index contributed by atoms with van der Waals surface area (Å²) in [6.07, 6.45) is 0. The van der Waals surface area contributed by atoms with E-state index in [0.717, 1.165) is 11.1 Å². The number of nitrogens with one attached hydrogen (secondary N) is 1. The number of fused-ring (bicyclic) bond motifs is 1. The van der Waals surface area contributed by atoms with Crippen LogP contribution < -0.4 is 10.3 Å². The first kappa shape index (κ1) is 23.7. The van der Waals surface area contributed by atoms with E-state index < -0.39 is 17.7 Å². The first-order valence-corrected chi connectivity index (χ1v) is 11.5. The van der Waals surface area contributed by atoms with Gasteiger partial charge in [0.25, 0.3) is 5.91 Å². The van der Waals surface area contributed by atoms with Crippen LogP contribution in [0.1, 0.15) is 27.0 Å². The van der Waals surface area contributed by atoms with E-state index in [4.69, 9.17) is 0 Å². The molecule has 0 spiro atoms. The van der Waals surface area contributed by atoms with Gasteiger partial charge in [0, 0.05) is 16.8 Å². The number of hydrogen-bond acceptors (Lipinski definition) is 5. The van der Waals surface area contributed by atoms with Gasteiger partial charge < -0.3 is 10.2 Å². The smallest absolute Gasteiger partial charge is 0.335 e. The van der Waals surface area contributed by atoms with Crippen LogP contribution in [-0.2, 0) is 4.79 Å². The number of carboxylic acid groups (broad SMARTS) is 1. The van der Waals surface area contributed by atoms with E-state index in [-0.39, 0.29) is 22.7 Å². The molecule has 0 saturated heterocycles. The molecule has 0 fully saturated rings. The first-order chi connectivity index (χ1) is 17.7. The topological polar surface area (TPSA) is 102 Å². The molecular weight excluding hydrogens is 473 g/mol. The number of aryl methyl sites for hydroxylation is 2. The molecule has 37 heavy (non-hydrogen) atoms. The second-order valence-corrected chi connectivity index (χ2v) is 8.73. The van der Waals surface area contributed by atoms with Gasteiger partial charge in [-0.1, -0.05) is 30.3 Å². The summed E-state index contributed by atoms with van der Waals surface area (Å²) in [6, 6.07) is 20.7. The lowest BCUT2D eigenvalue weighted by atomic mass is 10.0. The lowest BCUT2D eigenvalue weighted by Crippen LogP contribution is -2.26. The molecule has 0 unspecified atom stereocenters. The number of carbonyl (C=O) groups excluding carboxylic acids is 1. The molecule has 1 amide bonds. The van der Waals surface area contributed by atoms with Crippen LogP contribution in [0.3, 0.4) is 0 Å². The Morgan fingerprint density at radius 2 is 1.70 bits per heavy atom. The standard InChI is InChI=1S/C29H22FN3O4/c1-16-9-11-21(13-17(16)2)33-25-12-10-20(30)15-23(25)26(28(33)35)32-31-24-8-4-7-22(27(24)34)18-5-3-6-19(14-18)29(36)37/h3-15,31,34H,1-2H3,(H,36,37). The lowest BCUT2D eigenvalue weighted by molar-refractivity contribution is -0.111. The molecule has 7 nitrogen and oxygen atoms in total. The van der Waals surface area contributed by atoms with Crippen molar-refractivity contribution in [3.05, 3.63) is 107 Å². The van der Waals surface area contributed by atoms with Gasteiger partial charge in [-0.05, 0) is 79.1 Å². The number of carbonyl (C=O) groups is 2. The summed E-state index contributed by atoms with van der Waals surface area (Å²) in [6.45, 7) is 3.92. The number of hydrogen-bond donors (Lipinski definition) is 3. The predicted molar refractivity (Wildman–Crippen MR) is 140 cm³/mol. The average Bonchev–Trinajstić information content (AvgIpc) is 3.15. The second-order valence-electron chi connectivity index (χ2n) is 8.73. The monoisotopic (exact) mass is 495 g/mol. The lowest BCUT2D eigenvalue weighted by Gasteiger charge is -2.18. The summed E-state index contributed by atoms with van der Waals surface area (Å²) in [5, 5.41) is 24.5. The van der Waals surface area contributed by atoms with Crippen LogP contribution in [0.15, 0.2) is 84.0 Å². The molecule has 1 aliphatic rings. The zero-order chi connectivity index (χ0) is 26.3. The highest BCUT2D eigenvalue weighted by molar-refractivity contribution is 6.55. The molecule has 0 aliphatic carbocycles. The van der Waals surface area contributed by atoms with Gasteiger partial charge in [0.15, 0.2) is 5.71 Å². The van der Waals surface area contributed by atoms with Gasteiger partial charge in [0.2, 0.25) is 0 Å². The highest BCUT2D eigenvalue weighted by Crippen LogP contribution is 2.38. The van der Waals surface area contributed by atoms with Crippen molar-refractivity contribution in [3.8, 4) is 16.9 Å². The minimum Gasteiger partial charge on any atom is -0.505 e. The zero-order valence-corrected chi connectivity index (χ0v) is 20.0. The number of phenols is 1. The number of aromatic hydroxyl groups is 1. The third-order valence-electron chi connectivity index (χ3n) is 6.35. The fourth-order valence-corrected chi connectivity index (χ4v) is 4.26. The Kier molecular flexibility index (Phi) is 5.93. The molecule has 4 aromatic rings. The largest absolute Gasteiger partial charge is 0.505 e. The maximum absolute atomic E-state index is 14.2. The van der Waals surface area contributed by atoms with Crippen molar-refractivity contribution in [2.24, 2.45) is 5.10 Å². The normalized spacial score (nSPS) is 13.6. The number of halogens is 1. The van der Waals surface area contributed by atoms with Gasteiger partial charge in [-0.25, -0.2) is 9.18 Å². The Labute approximate surface area is 212 Å². The number of anilines is 3. The number of amides is 1. The number of para-hydroxylation sites is 1. The highest BCUT2D eigenvalue weighted by Gasteiger charge is 2.36. The highest BCUT2D eigenvalue weighted by atomic mass is 19.1. The molecule has 3 N–H and O–H groups in total. The van der Waals surface area contributed by atoms with E-state index in [1.165, 1.54) is 35.2 Å². The Morgan fingerprint density at radius 1 is 0.919 bits per heavy atom. The molecular formula is C29H22FN3O4. The van der Waals surface area contributed by atoms with Gasteiger partial charge in [-0.2, -0.15) is 5.10 Å². The molecule has 0 atom stereocenters. The maximum atomic E-state index is 14.2. The van der Waals surface area contributed by atoms with Gasteiger partial charge in [-0.3, -0.25) is 15.1 Å². The summed E-state index contributed by atoms with van der Waals surface area (Å²) in [5.41, 5.74) is 7.42. The number of aromatic carboxylic acids is 1. The molecule has 8 heteroatoms. The third-order valence-corrected chi connectivity index (χ3v) is 6.35. The molecule has 0 bridgehead atoms. The summed E-state index contributed by atoms with van der Waals surface area (Å²) in [5.74, 6) is -2.21. The molecule has 4 aromatic carbocycles. The number of benzene rings is 4. The number of hydrazone groups is 1. The van der Waals surface area contributed by atoms with Gasteiger partial charge in [-0.15, -0.1) is 0 Å². The second kappa shape index (κ2) is 9.23. The number of carboxylic acids is 1. The van der Waals surface area contributed by atoms with Gasteiger partial charge in [0.05, 0.1) is 16.9 Å². The SMILES string of the molecule is Cc1ccc(N2C(=O)C(=NNc3cccc(-c4cccc(C(=O)O)c4)c3O)c3cc(F)ccc32)cc1C. The number of rotatable bonds is 5. The van der Waals surface area contributed by atoms with Crippen molar-refractivity contribution >= 4 is 34.7 Å².